The van der Waals surface area contributed by atoms with Crippen LogP contribution < -0.4 is 9.47 Å². The average molecular weight is 600 g/mol. The van der Waals surface area contributed by atoms with E-state index in [2.05, 4.69) is 27.0 Å². The quantitative estimate of drug-likeness (QED) is 0.389. The summed E-state index contributed by atoms with van der Waals surface area (Å²) in [7, 11) is 1.57. The van der Waals surface area contributed by atoms with Gasteiger partial charge in [-0.3, -0.25) is 4.98 Å². The second kappa shape index (κ2) is 8.68. The number of ether oxygens (including phenoxy) is 2. The van der Waals surface area contributed by atoms with Crippen molar-refractivity contribution in [1.29, 1.82) is 0 Å². The van der Waals surface area contributed by atoms with Gasteiger partial charge in [0, 0.05) is 18.0 Å². The van der Waals surface area contributed by atoms with E-state index in [1.807, 2.05) is 0 Å². The van der Waals surface area contributed by atoms with E-state index >= 15 is 0 Å². The van der Waals surface area contributed by atoms with Crippen molar-refractivity contribution in [2.45, 2.75) is 0 Å². The largest absolute Gasteiger partial charge is 2.00 e. The number of benzene rings is 2. The van der Waals surface area contributed by atoms with Gasteiger partial charge in [0.15, 0.2) is 0 Å². The summed E-state index contributed by atoms with van der Waals surface area (Å²) in [6, 6.07) is 12.8. The van der Waals surface area contributed by atoms with E-state index in [1.54, 1.807) is 43.6 Å². The molecule has 3 aromatic rings. The Morgan fingerprint density at radius 2 is 2.00 bits per heavy atom. The molecule has 0 amide bonds. The zero-order valence-corrected chi connectivity index (χ0v) is 18.3. The van der Waals surface area contributed by atoms with Gasteiger partial charge in [0.25, 0.3) is 0 Å². The summed E-state index contributed by atoms with van der Waals surface area (Å²) in [5, 5.41) is 0.779. The van der Waals surface area contributed by atoms with Crippen LogP contribution in [0.15, 0.2) is 47.1 Å². The van der Waals surface area contributed by atoms with Gasteiger partial charge in [0.2, 0.25) is 0 Å². The van der Waals surface area contributed by atoms with Gasteiger partial charge in [-0.25, -0.2) is 4.39 Å². The summed E-state index contributed by atoms with van der Waals surface area (Å²) in [6.45, 7) is 0. The molecule has 1 aromatic heterocycles. The first kappa shape index (κ1) is 20.0. The third kappa shape index (κ3) is 4.47. The molecule has 116 valence electrons. The first-order chi connectivity index (χ1) is 10.2. The molecule has 0 N–H and O–H groups in total. The molecule has 3 nitrogen and oxygen atoms in total. The van der Waals surface area contributed by atoms with Gasteiger partial charge in [0.05, 0.1) is 17.3 Å². The minimum Gasteiger partial charge on any atom is -0.523 e. The van der Waals surface area contributed by atoms with E-state index in [9.17, 15) is 4.39 Å². The molecule has 23 heavy (non-hydrogen) atoms. The Bertz CT molecular complexity index is 814. The van der Waals surface area contributed by atoms with E-state index in [4.69, 9.17) is 9.47 Å². The van der Waals surface area contributed by atoms with Crippen LogP contribution in [0.4, 0.5) is 4.39 Å². The standard InChI is InChI=1S/C16H10BrFNO2.CH3.U/c1-20-10-2-4-12-15(9-10)19-7-6-16(12)21-11-3-5-13(17)14(18)8-11;;/h3-9H,1H3;1H3;/q2*-1;+2. The van der Waals surface area contributed by atoms with E-state index < -0.39 is 0 Å². The van der Waals surface area contributed by atoms with Crippen LogP contribution in [0, 0.1) is 50.4 Å². The van der Waals surface area contributed by atoms with Gasteiger partial charge in [-0.05, 0) is 39.6 Å². The topological polar surface area (TPSA) is 31.4 Å². The Morgan fingerprint density at radius 1 is 1.22 bits per heavy atom. The zero-order valence-electron chi connectivity index (χ0n) is 12.6. The molecule has 0 aliphatic rings. The van der Waals surface area contributed by atoms with Crippen molar-refractivity contribution in [2.24, 2.45) is 0 Å². The minimum atomic E-state index is -0.376. The normalized spacial score (nSPS) is 9.70. The zero-order chi connectivity index (χ0) is 14.8. The van der Waals surface area contributed by atoms with E-state index in [0.29, 0.717) is 21.7 Å². The minimum absolute atomic E-state index is 0. The van der Waals surface area contributed by atoms with Crippen LogP contribution in [0.25, 0.3) is 10.9 Å². The van der Waals surface area contributed by atoms with Crippen molar-refractivity contribution in [3.63, 3.8) is 0 Å². The number of aromatic nitrogens is 1. The second-order valence-corrected chi connectivity index (χ2v) is 5.14. The van der Waals surface area contributed by atoms with Crippen molar-refractivity contribution >= 4 is 26.8 Å². The molecule has 1 heterocycles. The number of nitrogens with zero attached hydrogens (tertiary/aromatic N) is 1. The summed E-state index contributed by atoms with van der Waals surface area (Å²) >= 11 is 3.11. The summed E-state index contributed by atoms with van der Waals surface area (Å²) in [6.07, 6.45) is 1.63. The van der Waals surface area contributed by atoms with Crippen LogP contribution >= 0.6 is 15.9 Å². The third-order valence-corrected chi connectivity index (χ3v) is 3.59. The number of hydrogen-bond donors (Lipinski definition) is 0. The van der Waals surface area contributed by atoms with Crippen LogP contribution in [0.5, 0.6) is 17.2 Å². The molecule has 0 radical (unpaired) electrons. The van der Waals surface area contributed by atoms with Crippen LogP contribution in [0.3, 0.4) is 0 Å². The third-order valence-electron chi connectivity index (χ3n) is 2.95. The summed E-state index contributed by atoms with van der Waals surface area (Å²) < 4.78 is 24.8. The van der Waals surface area contributed by atoms with Crippen LogP contribution in [-0.4, -0.2) is 12.1 Å². The summed E-state index contributed by atoms with van der Waals surface area (Å²) in [4.78, 5) is 4.26. The molecular formula is C17H13BrFNO2U. The van der Waals surface area contributed by atoms with E-state index in [0.717, 1.165) is 10.9 Å². The van der Waals surface area contributed by atoms with Crippen LogP contribution in [0.1, 0.15) is 0 Å². The van der Waals surface area contributed by atoms with E-state index in [1.165, 1.54) is 6.07 Å². The number of pyridine rings is 1. The fourth-order valence-corrected chi connectivity index (χ4v) is 2.16. The van der Waals surface area contributed by atoms with Gasteiger partial charge in [-0.2, -0.15) is 6.07 Å². The monoisotopic (exact) mass is 599 g/mol. The molecule has 0 spiro atoms. The molecule has 0 aliphatic carbocycles. The Morgan fingerprint density at radius 3 is 2.70 bits per heavy atom. The fraction of sp³-hybridized carbons (Fsp3) is 0.0588. The maximum atomic E-state index is 13.5. The molecule has 0 fully saturated rings. The Hall–Kier alpha value is -1.09. The van der Waals surface area contributed by atoms with Gasteiger partial charge in [-0.1, -0.05) is 5.39 Å². The van der Waals surface area contributed by atoms with Gasteiger partial charge in [0.1, 0.15) is 11.6 Å². The predicted octanol–water partition coefficient (Wildman–Crippen LogP) is 5.19. The molecular weight excluding hydrogens is 587 g/mol. The Labute approximate surface area is 166 Å². The maximum Gasteiger partial charge on any atom is 2.00 e. The molecule has 0 aliphatic heterocycles. The number of methoxy groups -OCH3 is 1. The second-order valence-electron chi connectivity index (χ2n) is 4.29. The van der Waals surface area contributed by atoms with Crippen molar-refractivity contribution < 1.29 is 45.0 Å². The Kier molecular flexibility index (Phi) is 7.53. The first-order valence-electron chi connectivity index (χ1n) is 6.15. The molecule has 0 unspecified atom stereocenters. The van der Waals surface area contributed by atoms with Crippen LogP contribution in [-0.2, 0) is 0 Å². The van der Waals surface area contributed by atoms with Crippen LogP contribution in [0.2, 0.25) is 0 Å². The number of hydrogen-bond acceptors (Lipinski definition) is 3. The Balaban J connectivity index is 0.00000132. The molecule has 2 aromatic carbocycles. The van der Waals surface area contributed by atoms with E-state index in [-0.39, 0.29) is 44.4 Å². The molecule has 0 saturated heterocycles. The van der Waals surface area contributed by atoms with Gasteiger partial charge < -0.3 is 16.9 Å². The van der Waals surface area contributed by atoms with Crippen molar-refractivity contribution in [1.82, 2.24) is 4.98 Å². The fourth-order valence-electron chi connectivity index (χ4n) is 1.91. The summed E-state index contributed by atoms with van der Waals surface area (Å²) in [5.74, 6) is 1.22. The smallest absolute Gasteiger partial charge is 0.523 e. The van der Waals surface area contributed by atoms with Crippen molar-refractivity contribution in [3.05, 3.63) is 66.4 Å². The number of halogens is 2. The summed E-state index contributed by atoms with van der Waals surface area (Å²) in [5.41, 5.74) is 0.723. The van der Waals surface area contributed by atoms with Gasteiger partial charge in [-0.15, -0.1) is 12.1 Å². The predicted molar refractivity (Wildman–Crippen MR) is 87.7 cm³/mol. The molecule has 3 rings (SSSR count). The molecule has 0 saturated carbocycles. The van der Waals surface area contributed by atoms with Crippen molar-refractivity contribution in [2.75, 3.05) is 7.11 Å². The first-order valence-corrected chi connectivity index (χ1v) is 6.94. The number of rotatable bonds is 3. The molecule has 0 bridgehead atoms. The SMILES string of the molecule is COc1[c-]cc2c(Oc3ccc(Br)c(F)c3)ccnc2c1.[CH3-].[U+2]. The molecule has 6 heteroatoms. The maximum absolute atomic E-state index is 13.5. The average Bonchev–Trinajstić information content (AvgIpc) is 2.50. The molecule has 0 atom stereocenters. The van der Waals surface area contributed by atoms with Crippen molar-refractivity contribution in [3.8, 4) is 17.2 Å². The number of fused-ring (bicyclic) bond motifs is 1. The van der Waals surface area contributed by atoms with Gasteiger partial charge >= 0.3 is 31.1 Å².